The average molecular weight is 364 g/mol. The molecule has 2 saturated heterocycles. The number of hydrogen-bond acceptors (Lipinski definition) is 4. The average Bonchev–Trinajstić information content (AvgIpc) is 3.02. The highest BCUT2D eigenvalue weighted by Crippen LogP contribution is 2.40. The number of rotatable bonds is 4. The van der Waals surface area contributed by atoms with Gasteiger partial charge in [-0.05, 0) is 24.6 Å². The molecule has 0 aromatic heterocycles. The summed E-state index contributed by atoms with van der Waals surface area (Å²) < 4.78 is 5.20. The van der Waals surface area contributed by atoms with Crippen molar-refractivity contribution < 1.29 is 19.2 Å². The number of benzene rings is 1. The molecule has 0 unspecified atom stereocenters. The predicted octanol–water partition coefficient (Wildman–Crippen LogP) is 0.0146. The van der Waals surface area contributed by atoms with Gasteiger partial charge in [-0.3, -0.25) is 9.59 Å². The lowest BCUT2D eigenvalue weighted by molar-refractivity contribution is -0.883. The summed E-state index contributed by atoms with van der Waals surface area (Å²) in [5.74, 6) is 1.29. The van der Waals surface area contributed by atoms with Gasteiger partial charge in [0.1, 0.15) is 17.2 Å². The number of piperazine rings is 1. The lowest BCUT2D eigenvalue weighted by Crippen LogP contribution is -3.12. The molecule has 2 aliphatic rings. The molecule has 136 valence electrons. The molecule has 2 atom stereocenters. The maximum atomic E-state index is 12.9. The minimum absolute atomic E-state index is 0.0337. The van der Waals surface area contributed by atoms with Crippen molar-refractivity contribution in [3.05, 3.63) is 29.8 Å². The Balaban J connectivity index is 1.75. The normalized spacial score (nSPS) is 23.0. The van der Waals surface area contributed by atoms with E-state index in [2.05, 4.69) is 7.05 Å². The van der Waals surface area contributed by atoms with E-state index < -0.39 is 6.04 Å². The van der Waals surface area contributed by atoms with E-state index in [1.54, 1.807) is 23.8 Å². The van der Waals surface area contributed by atoms with Gasteiger partial charge in [-0.1, -0.05) is 12.1 Å². The number of nitrogens with one attached hydrogen (secondary N) is 1. The van der Waals surface area contributed by atoms with E-state index in [1.807, 2.05) is 36.1 Å². The highest BCUT2D eigenvalue weighted by molar-refractivity contribution is 8.00. The van der Waals surface area contributed by atoms with Crippen LogP contribution in [0.15, 0.2) is 24.3 Å². The van der Waals surface area contributed by atoms with E-state index in [0.717, 1.165) is 37.5 Å². The third kappa shape index (κ3) is 3.77. The van der Waals surface area contributed by atoms with E-state index >= 15 is 0 Å². The van der Waals surface area contributed by atoms with Crippen LogP contribution in [-0.4, -0.2) is 73.7 Å². The molecule has 0 saturated carbocycles. The second-order valence-electron chi connectivity index (χ2n) is 6.70. The van der Waals surface area contributed by atoms with Crippen molar-refractivity contribution in [1.82, 2.24) is 9.80 Å². The zero-order valence-electron chi connectivity index (χ0n) is 15.0. The number of quaternary nitrogens is 1. The van der Waals surface area contributed by atoms with Crippen LogP contribution in [0, 0.1) is 0 Å². The van der Waals surface area contributed by atoms with Crippen LogP contribution in [-0.2, 0) is 9.59 Å². The van der Waals surface area contributed by atoms with E-state index in [4.69, 9.17) is 4.74 Å². The van der Waals surface area contributed by atoms with Gasteiger partial charge in [0.05, 0.1) is 46.1 Å². The Kier molecular flexibility index (Phi) is 5.54. The maximum Gasteiger partial charge on any atom is 0.245 e. The lowest BCUT2D eigenvalue weighted by Gasteiger charge is -2.36. The maximum absolute atomic E-state index is 12.9. The molecule has 25 heavy (non-hydrogen) atoms. The number of hydrogen-bond donors (Lipinski definition) is 1. The number of thioether (sulfide) groups is 1. The van der Waals surface area contributed by atoms with Gasteiger partial charge in [-0.2, -0.15) is 0 Å². The van der Waals surface area contributed by atoms with Crippen LogP contribution in [0.1, 0.15) is 17.9 Å². The first kappa shape index (κ1) is 18.1. The van der Waals surface area contributed by atoms with Gasteiger partial charge in [0.25, 0.3) is 0 Å². The zero-order valence-corrected chi connectivity index (χ0v) is 15.8. The van der Waals surface area contributed by atoms with Crippen LogP contribution < -0.4 is 9.64 Å². The number of nitrogens with zero attached hydrogens (tertiary/aromatic N) is 2. The number of amides is 2. The van der Waals surface area contributed by atoms with Crippen LogP contribution in [0.2, 0.25) is 0 Å². The van der Waals surface area contributed by atoms with Crippen molar-refractivity contribution in [3.8, 4) is 5.75 Å². The van der Waals surface area contributed by atoms with Crippen molar-refractivity contribution in [2.24, 2.45) is 0 Å². The first-order valence-electron chi connectivity index (χ1n) is 8.68. The van der Waals surface area contributed by atoms with Crippen molar-refractivity contribution in [3.63, 3.8) is 0 Å². The predicted molar refractivity (Wildman–Crippen MR) is 97.7 cm³/mol. The minimum atomic E-state index is -0.437. The van der Waals surface area contributed by atoms with Crippen molar-refractivity contribution in [2.75, 3.05) is 46.1 Å². The number of carbonyl (C=O) groups excluding carboxylic acids is 2. The van der Waals surface area contributed by atoms with Crippen LogP contribution in [0.5, 0.6) is 5.75 Å². The summed E-state index contributed by atoms with van der Waals surface area (Å²) in [6, 6.07) is 7.30. The molecule has 6 nitrogen and oxygen atoms in total. The highest BCUT2D eigenvalue weighted by Gasteiger charge is 2.40. The summed E-state index contributed by atoms with van der Waals surface area (Å²) >= 11 is 1.58. The van der Waals surface area contributed by atoms with Crippen molar-refractivity contribution >= 4 is 23.6 Å². The third-order valence-electron chi connectivity index (χ3n) is 5.01. The van der Waals surface area contributed by atoms with Gasteiger partial charge in [-0.15, -0.1) is 11.8 Å². The molecule has 0 spiro atoms. The summed E-state index contributed by atoms with van der Waals surface area (Å²) in [5.41, 5.74) is 1.03. The van der Waals surface area contributed by atoms with Gasteiger partial charge in [0.2, 0.25) is 11.8 Å². The number of ether oxygens (including phenoxy) is 1. The summed E-state index contributed by atoms with van der Waals surface area (Å²) in [7, 11) is 3.78. The summed E-state index contributed by atoms with van der Waals surface area (Å²) in [5, 5.41) is -0.115. The quantitative estimate of drug-likeness (QED) is 0.818. The molecule has 2 amide bonds. The largest absolute Gasteiger partial charge is 0.497 e. The Labute approximate surface area is 153 Å². The first-order valence-corrected chi connectivity index (χ1v) is 9.73. The van der Waals surface area contributed by atoms with E-state index in [1.165, 1.54) is 4.90 Å². The molecular weight excluding hydrogens is 338 g/mol. The van der Waals surface area contributed by atoms with E-state index in [0.29, 0.717) is 5.75 Å². The number of likely N-dealkylation sites (N-methyl/N-ethyl adjacent to an activating group) is 1. The summed E-state index contributed by atoms with van der Waals surface area (Å²) in [6.45, 7) is 5.30. The molecule has 7 heteroatoms. The molecule has 0 bridgehead atoms. The summed E-state index contributed by atoms with van der Waals surface area (Å²) in [6.07, 6.45) is 0. The first-order chi connectivity index (χ1) is 12.0. The van der Waals surface area contributed by atoms with Crippen LogP contribution in [0.4, 0.5) is 0 Å². The van der Waals surface area contributed by atoms with Crippen LogP contribution in [0.25, 0.3) is 0 Å². The van der Waals surface area contributed by atoms with Crippen molar-refractivity contribution in [2.45, 2.75) is 18.3 Å². The van der Waals surface area contributed by atoms with Gasteiger partial charge in [0.15, 0.2) is 0 Å². The van der Waals surface area contributed by atoms with Crippen LogP contribution in [0.3, 0.4) is 0 Å². The lowest BCUT2D eigenvalue weighted by atomic mass is 10.1. The molecule has 1 aromatic carbocycles. The molecule has 0 aliphatic carbocycles. The molecule has 2 aliphatic heterocycles. The molecular formula is C18H26N3O3S+. The van der Waals surface area contributed by atoms with Crippen LogP contribution >= 0.6 is 11.8 Å². The Morgan fingerprint density at radius 2 is 1.92 bits per heavy atom. The zero-order chi connectivity index (χ0) is 18.0. The fourth-order valence-corrected chi connectivity index (χ4v) is 4.63. The van der Waals surface area contributed by atoms with Gasteiger partial charge < -0.3 is 19.4 Å². The fraction of sp³-hybridized carbons (Fsp3) is 0.556. The Morgan fingerprint density at radius 3 is 2.52 bits per heavy atom. The van der Waals surface area contributed by atoms with Gasteiger partial charge in [-0.25, -0.2) is 0 Å². The monoisotopic (exact) mass is 364 g/mol. The van der Waals surface area contributed by atoms with E-state index in [9.17, 15) is 9.59 Å². The van der Waals surface area contributed by atoms with Crippen molar-refractivity contribution in [1.29, 1.82) is 0 Å². The second-order valence-corrected chi connectivity index (χ2v) is 7.76. The fourth-order valence-electron chi connectivity index (χ4n) is 3.37. The standard InChI is InChI=1S/C18H25N3O3S/c1-13(17(23)20-10-8-19(2)9-11-20)21-16(22)12-25-18(21)14-4-6-15(24-3)7-5-14/h4-7,13,18H,8-12H2,1-3H3/p+1/t13-,18-/m1/s1. The topological polar surface area (TPSA) is 54.3 Å². The highest BCUT2D eigenvalue weighted by atomic mass is 32.2. The number of methoxy groups -OCH3 is 1. The van der Waals surface area contributed by atoms with Gasteiger partial charge in [0, 0.05) is 0 Å². The molecule has 0 radical (unpaired) electrons. The van der Waals surface area contributed by atoms with Gasteiger partial charge >= 0.3 is 0 Å². The molecule has 3 rings (SSSR count). The molecule has 1 N–H and O–H groups in total. The Hall–Kier alpha value is -1.73. The SMILES string of the molecule is COc1ccc([C@H]2SCC(=O)N2[C@H](C)C(=O)N2CC[NH+](C)CC2)cc1. The van der Waals surface area contributed by atoms with E-state index in [-0.39, 0.29) is 17.2 Å². The Morgan fingerprint density at radius 1 is 1.28 bits per heavy atom. The third-order valence-corrected chi connectivity index (χ3v) is 6.24. The Bertz CT molecular complexity index is 629. The summed E-state index contributed by atoms with van der Waals surface area (Å²) in [4.78, 5) is 30.5. The molecule has 2 heterocycles. The number of carbonyl (C=O) groups is 2. The molecule has 1 aromatic rings. The molecule has 2 fully saturated rings. The smallest absolute Gasteiger partial charge is 0.245 e. The second kappa shape index (κ2) is 7.66. The minimum Gasteiger partial charge on any atom is -0.497 e.